The summed E-state index contributed by atoms with van der Waals surface area (Å²) in [4.78, 5) is 11.9. The third-order valence-electron chi connectivity index (χ3n) is 2.09. The second kappa shape index (κ2) is 5.32. The fourth-order valence-electron chi connectivity index (χ4n) is 1.24. The highest BCUT2D eigenvalue weighted by Gasteiger charge is 2.10. The maximum Gasteiger partial charge on any atom is 0.276 e. The van der Waals surface area contributed by atoms with E-state index in [1.54, 1.807) is 18.2 Å². The molecular weight excluding hydrogens is 320 g/mol. The van der Waals surface area contributed by atoms with Crippen LogP contribution in [0.3, 0.4) is 0 Å². The van der Waals surface area contributed by atoms with Crippen molar-refractivity contribution in [2.24, 2.45) is 0 Å². The van der Waals surface area contributed by atoms with Crippen molar-refractivity contribution in [3.63, 3.8) is 0 Å². The first-order valence-corrected chi connectivity index (χ1v) is 6.09. The lowest BCUT2D eigenvalue weighted by atomic mass is 10.3. The summed E-state index contributed by atoms with van der Waals surface area (Å²) in [6.07, 6.45) is 0. The van der Waals surface area contributed by atoms with Crippen molar-refractivity contribution in [3.8, 4) is 0 Å². The maximum absolute atomic E-state index is 11.9. The molecule has 1 amide bonds. The van der Waals surface area contributed by atoms with Crippen LogP contribution in [0.25, 0.3) is 0 Å². The van der Waals surface area contributed by atoms with E-state index in [-0.39, 0.29) is 11.5 Å². The van der Waals surface area contributed by atoms with E-state index < -0.39 is 5.91 Å². The van der Waals surface area contributed by atoms with Crippen molar-refractivity contribution in [2.75, 3.05) is 11.1 Å². The van der Waals surface area contributed by atoms with Crippen molar-refractivity contribution in [3.05, 3.63) is 45.5 Å². The van der Waals surface area contributed by atoms with E-state index in [0.717, 1.165) is 4.47 Å². The SMILES string of the molecule is Nc1ccc(C(=O)Nc2cc(Br)ccc2Cl)nn1. The van der Waals surface area contributed by atoms with Gasteiger partial charge in [-0.25, -0.2) is 0 Å². The number of anilines is 2. The Morgan fingerprint density at radius 2 is 2.06 bits per heavy atom. The Morgan fingerprint density at radius 1 is 1.28 bits per heavy atom. The normalized spacial score (nSPS) is 10.1. The van der Waals surface area contributed by atoms with Crippen LogP contribution in [0, 0.1) is 0 Å². The summed E-state index contributed by atoms with van der Waals surface area (Å²) in [5.74, 6) is -0.144. The molecule has 18 heavy (non-hydrogen) atoms. The number of hydrogen-bond acceptors (Lipinski definition) is 4. The first kappa shape index (κ1) is 12.8. The van der Waals surface area contributed by atoms with Gasteiger partial charge in [0.15, 0.2) is 5.69 Å². The number of amides is 1. The van der Waals surface area contributed by atoms with Gasteiger partial charge in [0, 0.05) is 4.47 Å². The van der Waals surface area contributed by atoms with Crippen LogP contribution in [0.1, 0.15) is 10.5 Å². The molecule has 7 heteroatoms. The second-order valence-electron chi connectivity index (χ2n) is 3.42. The molecule has 0 saturated heterocycles. The summed E-state index contributed by atoms with van der Waals surface area (Å²) in [6.45, 7) is 0. The number of benzene rings is 1. The summed E-state index contributed by atoms with van der Waals surface area (Å²) in [7, 11) is 0. The van der Waals surface area contributed by atoms with E-state index >= 15 is 0 Å². The molecule has 0 unspecified atom stereocenters. The van der Waals surface area contributed by atoms with Gasteiger partial charge in [0.25, 0.3) is 5.91 Å². The summed E-state index contributed by atoms with van der Waals surface area (Å²) in [6, 6.07) is 8.15. The Labute approximate surface area is 116 Å². The van der Waals surface area contributed by atoms with Gasteiger partial charge in [0.1, 0.15) is 5.82 Å². The largest absolute Gasteiger partial charge is 0.382 e. The smallest absolute Gasteiger partial charge is 0.276 e. The minimum atomic E-state index is -0.400. The van der Waals surface area contributed by atoms with Crippen LogP contribution < -0.4 is 11.1 Å². The molecule has 0 bridgehead atoms. The molecule has 1 aromatic heterocycles. The Bertz CT molecular complexity index is 588. The van der Waals surface area contributed by atoms with Crippen LogP contribution in [0.15, 0.2) is 34.8 Å². The highest BCUT2D eigenvalue weighted by molar-refractivity contribution is 9.10. The van der Waals surface area contributed by atoms with Crippen molar-refractivity contribution >= 4 is 44.9 Å². The number of nitrogens with zero attached hydrogens (tertiary/aromatic N) is 2. The maximum atomic E-state index is 11.9. The first-order chi connectivity index (χ1) is 8.56. The van der Waals surface area contributed by atoms with Gasteiger partial charge in [-0.1, -0.05) is 27.5 Å². The fraction of sp³-hybridized carbons (Fsp3) is 0. The molecule has 0 aliphatic carbocycles. The predicted octanol–water partition coefficient (Wildman–Crippen LogP) is 2.73. The van der Waals surface area contributed by atoms with Crippen LogP contribution in [0.5, 0.6) is 0 Å². The van der Waals surface area contributed by atoms with Gasteiger partial charge in [-0.05, 0) is 30.3 Å². The zero-order valence-electron chi connectivity index (χ0n) is 9.02. The van der Waals surface area contributed by atoms with E-state index in [9.17, 15) is 4.79 Å². The monoisotopic (exact) mass is 326 g/mol. The number of halogens is 2. The number of hydrogen-bond donors (Lipinski definition) is 2. The molecule has 0 radical (unpaired) electrons. The highest BCUT2D eigenvalue weighted by Crippen LogP contribution is 2.25. The van der Waals surface area contributed by atoms with Gasteiger partial charge < -0.3 is 11.1 Å². The molecular formula is C11H8BrClN4O. The Balaban J connectivity index is 2.21. The van der Waals surface area contributed by atoms with Crippen LogP contribution in [0.4, 0.5) is 11.5 Å². The summed E-state index contributed by atoms with van der Waals surface area (Å²) < 4.78 is 0.811. The number of rotatable bonds is 2. The zero-order chi connectivity index (χ0) is 13.1. The van der Waals surface area contributed by atoms with Crippen molar-refractivity contribution < 1.29 is 4.79 Å². The van der Waals surface area contributed by atoms with Crippen molar-refractivity contribution in [2.45, 2.75) is 0 Å². The molecule has 0 aliphatic heterocycles. The number of nitrogens with two attached hydrogens (primary N) is 1. The quantitative estimate of drug-likeness (QED) is 0.888. The van der Waals surface area contributed by atoms with E-state index in [1.807, 2.05) is 0 Å². The van der Waals surface area contributed by atoms with Crippen molar-refractivity contribution in [1.82, 2.24) is 10.2 Å². The predicted molar refractivity (Wildman–Crippen MR) is 73.5 cm³/mol. The zero-order valence-corrected chi connectivity index (χ0v) is 11.4. The number of carbonyl (C=O) groups excluding carboxylic acids is 1. The number of carbonyl (C=O) groups is 1. The molecule has 0 fully saturated rings. The van der Waals surface area contributed by atoms with Gasteiger partial charge in [-0.15, -0.1) is 10.2 Å². The fourth-order valence-corrected chi connectivity index (χ4v) is 1.77. The molecule has 0 saturated carbocycles. The summed E-state index contributed by atoms with van der Waals surface area (Å²) >= 11 is 9.26. The molecule has 3 N–H and O–H groups in total. The van der Waals surface area contributed by atoms with Gasteiger partial charge in [-0.3, -0.25) is 4.79 Å². The van der Waals surface area contributed by atoms with Gasteiger partial charge >= 0.3 is 0 Å². The van der Waals surface area contributed by atoms with E-state index in [4.69, 9.17) is 17.3 Å². The molecule has 2 rings (SSSR count). The Kier molecular flexibility index (Phi) is 3.78. The van der Waals surface area contributed by atoms with Crippen LogP contribution in [-0.2, 0) is 0 Å². The molecule has 0 atom stereocenters. The third kappa shape index (κ3) is 2.96. The van der Waals surface area contributed by atoms with E-state index in [2.05, 4.69) is 31.4 Å². The Morgan fingerprint density at radius 3 is 2.72 bits per heavy atom. The lowest BCUT2D eigenvalue weighted by Crippen LogP contribution is -2.14. The molecule has 92 valence electrons. The average molecular weight is 328 g/mol. The molecule has 1 heterocycles. The van der Waals surface area contributed by atoms with E-state index in [0.29, 0.717) is 10.7 Å². The van der Waals surface area contributed by atoms with E-state index in [1.165, 1.54) is 12.1 Å². The van der Waals surface area contributed by atoms with Crippen LogP contribution in [-0.4, -0.2) is 16.1 Å². The summed E-state index contributed by atoms with van der Waals surface area (Å²) in [5, 5.41) is 10.4. The van der Waals surface area contributed by atoms with Gasteiger partial charge in [0.05, 0.1) is 10.7 Å². The lowest BCUT2D eigenvalue weighted by molar-refractivity contribution is 0.102. The minimum Gasteiger partial charge on any atom is -0.382 e. The second-order valence-corrected chi connectivity index (χ2v) is 4.74. The number of nitrogens with one attached hydrogen (secondary N) is 1. The minimum absolute atomic E-state index is 0.167. The van der Waals surface area contributed by atoms with Crippen molar-refractivity contribution in [1.29, 1.82) is 0 Å². The van der Waals surface area contributed by atoms with Crippen LogP contribution >= 0.6 is 27.5 Å². The number of nitrogen functional groups attached to an aromatic ring is 1. The first-order valence-electron chi connectivity index (χ1n) is 4.92. The average Bonchev–Trinajstić information content (AvgIpc) is 2.34. The highest BCUT2D eigenvalue weighted by atomic mass is 79.9. The van der Waals surface area contributed by atoms with Crippen LogP contribution in [0.2, 0.25) is 5.02 Å². The lowest BCUT2D eigenvalue weighted by Gasteiger charge is -2.06. The van der Waals surface area contributed by atoms with Gasteiger partial charge in [-0.2, -0.15) is 0 Å². The molecule has 0 spiro atoms. The summed E-state index contributed by atoms with van der Waals surface area (Å²) in [5.41, 5.74) is 6.05. The molecule has 2 aromatic rings. The molecule has 0 aliphatic rings. The Hall–Kier alpha value is -1.66. The van der Waals surface area contributed by atoms with Gasteiger partial charge in [0.2, 0.25) is 0 Å². The topological polar surface area (TPSA) is 80.9 Å². The third-order valence-corrected chi connectivity index (χ3v) is 2.92. The standard InChI is InChI=1S/C11H8BrClN4O/c12-6-1-2-7(13)9(5-6)15-11(18)8-3-4-10(14)17-16-8/h1-5H,(H2,14,17)(H,15,18). The molecule has 5 nitrogen and oxygen atoms in total. The number of aromatic nitrogens is 2. The molecule has 1 aromatic carbocycles.